The molecule has 0 amide bonds. The number of hydrogen-bond donors (Lipinski definition) is 1. The molecule has 0 spiro atoms. The maximum Gasteiger partial charge on any atom is 0.244 e. The Hall–Kier alpha value is -0.330. The Labute approximate surface area is 132 Å². The Morgan fingerprint density at radius 2 is 1.85 bits per heavy atom. The molecule has 1 heterocycles. The van der Waals surface area contributed by atoms with E-state index < -0.39 is 10.0 Å². The first-order chi connectivity index (χ1) is 8.93. The Bertz CT molecular complexity index is 555. The van der Waals surface area contributed by atoms with Crippen molar-refractivity contribution in [3.05, 3.63) is 28.8 Å². The summed E-state index contributed by atoms with van der Waals surface area (Å²) in [4.78, 5) is 0.224. The maximum atomic E-state index is 12.6. The fourth-order valence-corrected chi connectivity index (χ4v) is 4.05. The van der Waals surface area contributed by atoms with Crippen molar-refractivity contribution in [2.24, 2.45) is 0 Å². The minimum atomic E-state index is -3.49. The predicted octanol–water partition coefficient (Wildman–Crippen LogP) is 2.48. The molecule has 1 N–H and O–H groups in total. The first-order valence-corrected chi connectivity index (χ1v) is 8.25. The first-order valence-electron chi connectivity index (χ1n) is 6.43. The van der Waals surface area contributed by atoms with Gasteiger partial charge in [0.15, 0.2) is 0 Å². The third-order valence-corrected chi connectivity index (χ3v) is 5.70. The van der Waals surface area contributed by atoms with E-state index in [2.05, 4.69) is 5.32 Å². The van der Waals surface area contributed by atoms with Crippen LogP contribution in [0.4, 0.5) is 0 Å². The van der Waals surface area contributed by atoms with Crippen molar-refractivity contribution in [2.75, 3.05) is 26.2 Å². The monoisotopic (exact) mass is 338 g/mol. The highest BCUT2D eigenvalue weighted by Crippen LogP contribution is 2.28. The van der Waals surface area contributed by atoms with Gasteiger partial charge in [-0.1, -0.05) is 31.5 Å². The summed E-state index contributed by atoms with van der Waals surface area (Å²) < 4.78 is 26.7. The molecule has 0 atom stereocenters. The normalized spacial score (nSPS) is 17.0. The summed E-state index contributed by atoms with van der Waals surface area (Å²) in [5.74, 6) is 0.272. The molecule has 1 aromatic rings. The molecule has 0 saturated carbocycles. The van der Waals surface area contributed by atoms with Crippen LogP contribution in [0.15, 0.2) is 23.1 Å². The Balaban J connectivity index is 0.00000200. The SMILES string of the molecule is CC(C)c1ccc(Cl)c(S(=O)(=O)N2CCNCC2)c1.Cl. The molecule has 4 nitrogen and oxygen atoms in total. The van der Waals surface area contributed by atoms with Crippen LogP contribution in [0.25, 0.3) is 0 Å². The lowest BCUT2D eigenvalue weighted by Crippen LogP contribution is -2.46. The van der Waals surface area contributed by atoms with Crippen molar-refractivity contribution in [3.63, 3.8) is 0 Å². The van der Waals surface area contributed by atoms with E-state index in [0.29, 0.717) is 31.2 Å². The van der Waals surface area contributed by atoms with Crippen molar-refractivity contribution in [1.82, 2.24) is 9.62 Å². The lowest BCUT2D eigenvalue weighted by molar-refractivity contribution is 0.360. The minimum absolute atomic E-state index is 0. The van der Waals surface area contributed by atoms with Crippen molar-refractivity contribution in [1.29, 1.82) is 0 Å². The Morgan fingerprint density at radius 3 is 2.40 bits per heavy atom. The third-order valence-electron chi connectivity index (χ3n) is 3.32. The molecule has 0 bridgehead atoms. The zero-order valence-electron chi connectivity index (χ0n) is 11.6. The summed E-state index contributed by atoms with van der Waals surface area (Å²) >= 11 is 6.08. The molecule has 1 aliphatic rings. The van der Waals surface area contributed by atoms with Crippen molar-refractivity contribution in [2.45, 2.75) is 24.7 Å². The van der Waals surface area contributed by atoms with Crippen LogP contribution in [0.2, 0.25) is 5.02 Å². The number of nitrogens with zero attached hydrogens (tertiary/aromatic N) is 1. The second-order valence-electron chi connectivity index (χ2n) is 5.00. The molecule has 0 unspecified atom stereocenters. The summed E-state index contributed by atoms with van der Waals surface area (Å²) in [5, 5.41) is 3.44. The third kappa shape index (κ3) is 3.65. The van der Waals surface area contributed by atoms with Gasteiger partial charge in [0.2, 0.25) is 10.0 Å². The average molecular weight is 339 g/mol. The van der Waals surface area contributed by atoms with E-state index in [-0.39, 0.29) is 23.2 Å². The van der Waals surface area contributed by atoms with E-state index in [1.165, 1.54) is 4.31 Å². The second kappa shape index (κ2) is 7.09. The van der Waals surface area contributed by atoms with Crippen molar-refractivity contribution < 1.29 is 8.42 Å². The largest absolute Gasteiger partial charge is 0.314 e. The van der Waals surface area contributed by atoms with Gasteiger partial charge in [-0.25, -0.2) is 8.42 Å². The summed E-state index contributed by atoms with van der Waals surface area (Å²) in [7, 11) is -3.49. The molecule has 2 rings (SSSR count). The molecule has 20 heavy (non-hydrogen) atoms. The molecule has 1 fully saturated rings. The van der Waals surface area contributed by atoms with Crippen LogP contribution < -0.4 is 5.32 Å². The van der Waals surface area contributed by atoms with Gasteiger partial charge >= 0.3 is 0 Å². The minimum Gasteiger partial charge on any atom is -0.314 e. The lowest BCUT2D eigenvalue weighted by atomic mass is 10.0. The number of nitrogens with one attached hydrogen (secondary N) is 1. The number of hydrogen-bond acceptors (Lipinski definition) is 3. The molecule has 0 aliphatic carbocycles. The van der Waals surface area contributed by atoms with Crippen LogP contribution in [0, 0.1) is 0 Å². The smallest absolute Gasteiger partial charge is 0.244 e. The van der Waals surface area contributed by atoms with Gasteiger partial charge in [-0.05, 0) is 23.6 Å². The number of halogens is 2. The van der Waals surface area contributed by atoms with Gasteiger partial charge in [0.05, 0.1) is 5.02 Å². The molecule has 1 aliphatic heterocycles. The molecule has 0 radical (unpaired) electrons. The molecule has 0 aromatic heterocycles. The molecule has 114 valence electrons. The molecule has 7 heteroatoms. The topological polar surface area (TPSA) is 49.4 Å². The Morgan fingerprint density at radius 1 is 1.25 bits per heavy atom. The highest BCUT2D eigenvalue weighted by Gasteiger charge is 2.28. The van der Waals surface area contributed by atoms with E-state index in [0.717, 1.165) is 5.56 Å². The van der Waals surface area contributed by atoms with Gasteiger partial charge in [-0.3, -0.25) is 0 Å². The van der Waals surface area contributed by atoms with Crippen LogP contribution in [0.3, 0.4) is 0 Å². The maximum absolute atomic E-state index is 12.6. The van der Waals surface area contributed by atoms with Gasteiger partial charge in [-0.15, -0.1) is 12.4 Å². The van der Waals surface area contributed by atoms with Crippen LogP contribution in [-0.2, 0) is 10.0 Å². The number of rotatable bonds is 3. The van der Waals surface area contributed by atoms with Crippen molar-refractivity contribution in [3.8, 4) is 0 Å². The van der Waals surface area contributed by atoms with E-state index in [1.807, 2.05) is 19.9 Å². The van der Waals surface area contributed by atoms with Crippen LogP contribution in [0.1, 0.15) is 25.3 Å². The lowest BCUT2D eigenvalue weighted by Gasteiger charge is -2.27. The van der Waals surface area contributed by atoms with E-state index >= 15 is 0 Å². The fourth-order valence-electron chi connectivity index (χ4n) is 2.10. The number of sulfonamides is 1. The highest BCUT2D eigenvalue weighted by molar-refractivity contribution is 7.89. The highest BCUT2D eigenvalue weighted by atomic mass is 35.5. The standard InChI is InChI=1S/C13H19ClN2O2S.ClH/c1-10(2)11-3-4-12(14)13(9-11)19(17,18)16-7-5-15-6-8-16;/h3-4,9-10,15H,5-8H2,1-2H3;1H. The molecular formula is C13H20Cl2N2O2S. The van der Waals surface area contributed by atoms with E-state index in [9.17, 15) is 8.42 Å². The summed E-state index contributed by atoms with van der Waals surface area (Å²) in [6.07, 6.45) is 0. The van der Waals surface area contributed by atoms with Crippen molar-refractivity contribution >= 4 is 34.0 Å². The van der Waals surface area contributed by atoms with Crippen LogP contribution >= 0.6 is 24.0 Å². The molecule has 1 saturated heterocycles. The predicted molar refractivity (Wildman–Crippen MR) is 84.4 cm³/mol. The quantitative estimate of drug-likeness (QED) is 0.920. The van der Waals surface area contributed by atoms with Gasteiger partial charge in [0.25, 0.3) is 0 Å². The summed E-state index contributed by atoms with van der Waals surface area (Å²) in [6, 6.07) is 5.25. The van der Waals surface area contributed by atoms with Gasteiger partial charge in [0.1, 0.15) is 4.90 Å². The Kier molecular flexibility index (Phi) is 6.28. The van der Waals surface area contributed by atoms with Gasteiger partial charge in [0, 0.05) is 26.2 Å². The zero-order valence-corrected chi connectivity index (χ0v) is 14.0. The number of piperazine rings is 1. The van der Waals surface area contributed by atoms with Crippen LogP contribution in [0.5, 0.6) is 0 Å². The fraction of sp³-hybridized carbons (Fsp3) is 0.538. The van der Waals surface area contributed by atoms with Gasteiger partial charge < -0.3 is 5.32 Å². The molecule has 1 aromatic carbocycles. The van der Waals surface area contributed by atoms with Gasteiger partial charge in [-0.2, -0.15) is 4.31 Å². The molecular weight excluding hydrogens is 319 g/mol. The van der Waals surface area contributed by atoms with E-state index in [1.54, 1.807) is 12.1 Å². The summed E-state index contributed by atoms with van der Waals surface area (Å²) in [6.45, 7) is 6.41. The van der Waals surface area contributed by atoms with Crippen LogP contribution in [-0.4, -0.2) is 38.9 Å². The zero-order chi connectivity index (χ0) is 14.0. The summed E-state index contributed by atoms with van der Waals surface area (Å²) in [5.41, 5.74) is 0.984. The first kappa shape index (κ1) is 17.7. The number of benzene rings is 1. The van der Waals surface area contributed by atoms with E-state index in [4.69, 9.17) is 11.6 Å². The average Bonchev–Trinajstić information content (AvgIpc) is 2.39. The second-order valence-corrected chi connectivity index (χ2v) is 7.31.